The molecule has 4 aromatic carbocycles. The number of carbonyl (C=O) groups is 4. The smallest absolute Gasteiger partial charge is 0.345 e. The summed E-state index contributed by atoms with van der Waals surface area (Å²) in [4.78, 5) is 87.9. The summed E-state index contributed by atoms with van der Waals surface area (Å²) < 4.78 is 51.5. The standard InChI is InChI=1S/C52H54N12O11S/c1-31-24-34(25-32(2)45(31)75-51(69)43-38-8-3-5-10-41(38)64(18-7-23-76(70,71)72)42-11-6-4-9-39(42)43)47(65)55-16-19-73-21-22-74-20-17-56-49(67)40(26-36-27-54-30-59-36)61-48(66)33-12-14-35(15-13-33)57-28-37-29-58-46-44(60-37)50(68)63-52(53)62-46/h3-6,8-15,24-25,27,29-30,40H,7,16-23,26,28H2,1-2H3,(H8-,53,54,55,56,57,58,59,61,62,63,65,66,67,68,70,71,72)/p+1. The Kier molecular flexibility index (Phi) is 17.3. The Bertz CT molecular complexity index is 3520. The summed E-state index contributed by atoms with van der Waals surface area (Å²) in [5.41, 5.74) is 10.6. The van der Waals surface area contributed by atoms with Gasteiger partial charge in [-0.25, -0.2) is 19.7 Å². The van der Waals surface area contributed by atoms with Crippen LogP contribution in [-0.4, -0.2) is 118 Å². The maximum atomic E-state index is 14.1. The Morgan fingerprint density at radius 1 is 0.816 bits per heavy atom. The first kappa shape index (κ1) is 53.6. The van der Waals surface area contributed by atoms with E-state index in [9.17, 15) is 36.9 Å². The number of aryl methyl sites for hydroxylation is 3. The molecule has 394 valence electrons. The van der Waals surface area contributed by atoms with E-state index in [1.807, 2.05) is 28.8 Å². The highest BCUT2D eigenvalue weighted by atomic mass is 32.2. The van der Waals surface area contributed by atoms with Crippen LogP contribution in [0.1, 0.15) is 60.0 Å². The van der Waals surface area contributed by atoms with Crippen molar-refractivity contribution in [3.63, 3.8) is 0 Å². The van der Waals surface area contributed by atoms with Crippen molar-refractivity contribution in [3.05, 3.63) is 153 Å². The van der Waals surface area contributed by atoms with Crippen LogP contribution in [0.3, 0.4) is 0 Å². The fourth-order valence-corrected chi connectivity index (χ4v) is 8.95. The molecule has 8 rings (SSSR count). The summed E-state index contributed by atoms with van der Waals surface area (Å²) in [6.45, 7) is 5.19. The average Bonchev–Trinajstić information content (AvgIpc) is 3.92. The van der Waals surface area contributed by atoms with Crippen molar-refractivity contribution in [2.45, 2.75) is 45.8 Å². The van der Waals surface area contributed by atoms with Gasteiger partial charge in [-0.2, -0.15) is 18.0 Å². The van der Waals surface area contributed by atoms with Crippen molar-refractivity contribution in [2.75, 3.05) is 56.3 Å². The fourth-order valence-electron chi connectivity index (χ4n) is 8.45. The minimum atomic E-state index is -4.16. The number of benzene rings is 4. The highest BCUT2D eigenvalue weighted by Gasteiger charge is 2.27. The zero-order valence-corrected chi connectivity index (χ0v) is 42.2. The monoisotopic (exact) mass is 1060 g/mol. The third-order valence-corrected chi connectivity index (χ3v) is 12.8. The molecule has 0 spiro atoms. The molecule has 0 aliphatic heterocycles. The molecule has 24 heteroatoms. The quantitative estimate of drug-likeness (QED) is 0.0108. The molecule has 0 fully saturated rings. The van der Waals surface area contributed by atoms with E-state index in [2.05, 4.69) is 51.2 Å². The van der Waals surface area contributed by atoms with Crippen LogP contribution in [0.15, 0.2) is 108 Å². The number of hydrogen-bond donors (Lipinski definition) is 8. The van der Waals surface area contributed by atoms with Crippen LogP contribution in [-0.2, 0) is 43.9 Å². The molecule has 23 nitrogen and oxygen atoms in total. The number of imidazole rings is 1. The Morgan fingerprint density at radius 3 is 2.12 bits per heavy atom. The normalized spacial score (nSPS) is 11.9. The van der Waals surface area contributed by atoms with Gasteiger partial charge in [-0.05, 0) is 73.5 Å². The SMILES string of the molecule is Cc1cc(C(=O)NCCOCCOCCNC(=O)C(Cc2cnc[nH]2)NC(=O)c2ccc(NCc3cnc4nc(N)[nH]c(=O)c4n3)cc2)cc(C)c1OC(=O)c1c2ccccc2[n+](CCCS(=O)(=O)O)c2ccccc12. The van der Waals surface area contributed by atoms with Gasteiger partial charge in [-0.15, -0.1) is 0 Å². The number of para-hydroxylation sites is 2. The van der Waals surface area contributed by atoms with Crippen molar-refractivity contribution < 1.29 is 50.9 Å². The minimum absolute atomic E-state index is 0.0540. The summed E-state index contributed by atoms with van der Waals surface area (Å²) >= 11 is 0. The number of nitrogens with one attached hydrogen (secondary N) is 6. The predicted molar refractivity (Wildman–Crippen MR) is 280 cm³/mol. The van der Waals surface area contributed by atoms with E-state index in [1.165, 1.54) is 12.5 Å². The Balaban J connectivity index is 0.754. The van der Waals surface area contributed by atoms with Gasteiger partial charge in [0.05, 0.1) is 73.3 Å². The van der Waals surface area contributed by atoms with E-state index in [1.54, 1.807) is 80.7 Å². The average molecular weight is 1060 g/mol. The van der Waals surface area contributed by atoms with Gasteiger partial charge >= 0.3 is 5.97 Å². The summed E-state index contributed by atoms with van der Waals surface area (Å²) in [5, 5.41) is 12.8. The number of nitrogens with two attached hydrogens (primary N) is 1. The van der Waals surface area contributed by atoms with Gasteiger partial charge in [0.15, 0.2) is 17.7 Å². The number of rotatable bonds is 24. The zero-order valence-electron chi connectivity index (χ0n) is 41.4. The molecule has 0 radical (unpaired) electrons. The van der Waals surface area contributed by atoms with Gasteiger partial charge in [0.1, 0.15) is 11.8 Å². The third-order valence-electron chi connectivity index (χ3n) is 12.0. The first-order valence-corrected chi connectivity index (χ1v) is 25.7. The van der Waals surface area contributed by atoms with Gasteiger partial charge in [-0.3, -0.25) is 28.7 Å². The minimum Gasteiger partial charge on any atom is -0.422 e. The molecular formula is C52H55N12O11S+. The number of ether oxygens (including phenoxy) is 3. The van der Waals surface area contributed by atoms with E-state index >= 15 is 0 Å². The molecule has 4 aromatic heterocycles. The lowest BCUT2D eigenvalue weighted by molar-refractivity contribution is -0.645. The van der Waals surface area contributed by atoms with Gasteiger partial charge < -0.3 is 46.2 Å². The molecule has 1 unspecified atom stereocenters. The molecule has 1 atom stereocenters. The van der Waals surface area contributed by atoms with E-state index in [4.69, 9.17) is 19.9 Å². The first-order valence-electron chi connectivity index (χ1n) is 24.1. The summed E-state index contributed by atoms with van der Waals surface area (Å²) in [7, 11) is -4.16. The number of aromatic amines is 2. The van der Waals surface area contributed by atoms with Gasteiger partial charge in [0, 0.05) is 66.8 Å². The van der Waals surface area contributed by atoms with Gasteiger partial charge in [0.2, 0.25) is 22.9 Å². The van der Waals surface area contributed by atoms with E-state index in [-0.39, 0.29) is 88.5 Å². The number of fused-ring (bicyclic) bond motifs is 3. The highest BCUT2D eigenvalue weighted by Crippen LogP contribution is 2.30. The second-order valence-corrected chi connectivity index (χ2v) is 19.1. The zero-order chi connectivity index (χ0) is 53.8. The highest BCUT2D eigenvalue weighted by molar-refractivity contribution is 7.85. The lowest BCUT2D eigenvalue weighted by Gasteiger charge is -2.18. The Labute approximate surface area is 434 Å². The van der Waals surface area contributed by atoms with Gasteiger partial charge in [-0.1, -0.05) is 24.3 Å². The van der Waals surface area contributed by atoms with E-state index < -0.39 is 45.3 Å². The molecule has 3 amide bonds. The maximum Gasteiger partial charge on any atom is 0.345 e. The number of nitrogen functional groups attached to an aromatic ring is 1. The second kappa shape index (κ2) is 24.5. The van der Waals surface area contributed by atoms with Crippen molar-refractivity contribution >= 4 is 78.4 Å². The molecule has 0 saturated heterocycles. The lowest BCUT2D eigenvalue weighted by Crippen LogP contribution is -2.48. The topological polar surface area (TPSA) is 329 Å². The summed E-state index contributed by atoms with van der Waals surface area (Å²) in [5.74, 6) is -1.99. The summed E-state index contributed by atoms with van der Waals surface area (Å²) in [6.07, 6.45) is 4.85. The first-order chi connectivity index (χ1) is 36.6. The fraction of sp³-hybridized carbons (Fsp3) is 0.269. The molecule has 76 heavy (non-hydrogen) atoms. The number of amides is 3. The van der Waals surface area contributed by atoms with Crippen LogP contribution in [0.2, 0.25) is 0 Å². The van der Waals surface area contributed by atoms with Crippen LogP contribution in [0, 0.1) is 13.8 Å². The molecule has 0 aliphatic rings. The number of hydrogen-bond acceptors (Lipinski definition) is 16. The number of anilines is 2. The van der Waals surface area contributed by atoms with Gasteiger partial charge in [0.25, 0.3) is 27.5 Å². The Morgan fingerprint density at radius 2 is 1.47 bits per heavy atom. The molecule has 8 aromatic rings. The van der Waals surface area contributed by atoms with Crippen LogP contribution < -0.4 is 41.9 Å². The van der Waals surface area contributed by atoms with Crippen molar-refractivity contribution in [1.29, 1.82) is 0 Å². The molecular weight excluding hydrogens is 1000 g/mol. The van der Waals surface area contributed by atoms with Crippen molar-refractivity contribution in [3.8, 4) is 5.75 Å². The lowest BCUT2D eigenvalue weighted by atomic mass is 10.0. The number of pyridine rings is 1. The van der Waals surface area contributed by atoms with Crippen LogP contribution in [0.4, 0.5) is 11.6 Å². The summed E-state index contributed by atoms with van der Waals surface area (Å²) in [6, 6.07) is 23.5. The van der Waals surface area contributed by atoms with Crippen LogP contribution in [0.5, 0.6) is 5.75 Å². The van der Waals surface area contributed by atoms with Crippen molar-refractivity contribution in [1.82, 2.24) is 45.9 Å². The van der Waals surface area contributed by atoms with Crippen LogP contribution in [0.25, 0.3) is 33.0 Å². The molecule has 0 aliphatic carbocycles. The maximum absolute atomic E-state index is 14.1. The third kappa shape index (κ3) is 13.7. The molecule has 9 N–H and O–H groups in total. The van der Waals surface area contributed by atoms with E-state index in [0.29, 0.717) is 72.4 Å². The molecule has 0 saturated carbocycles. The number of esters is 1. The second-order valence-electron chi connectivity index (χ2n) is 17.5. The predicted octanol–water partition coefficient (Wildman–Crippen LogP) is 3.26. The van der Waals surface area contributed by atoms with Crippen LogP contribution >= 0.6 is 0 Å². The largest absolute Gasteiger partial charge is 0.422 e. The number of carbonyl (C=O) groups excluding carboxylic acids is 4. The number of H-pyrrole nitrogens is 2. The number of aromatic nitrogens is 7. The molecule has 4 heterocycles. The van der Waals surface area contributed by atoms with E-state index in [0.717, 1.165) is 0 Å². The Hall–Kier alpha value is -8.71. The molecule has 0 bridgehead atoms. The number of nitrogens with zero attached hydrogens (tertiary/aromatic N) is 5. The van der Waals surface area contributed by atoms with Crippen molar-refractivity contribution in [2.24, 2.45) is 0 Å².